The molecule has 0 bridgehead atoms. The van der Waals surface area contributed by atoms with Gasteiger partial charge in [-0.1, -0.05) is 6.07 Å². The highest BCUT2D eigenvalue weighted by Gasteiger charge is 2.42. The first-order valence-corrected chi connectivity index (χ1v) is 8.40. The van der Waals surface area contributed by atoms with Crippen LogP contribution in [0.4, 0.5) is 8.78 Å². The Hall–Kier alpha value is -1.000. The normalized spacial score (nSPS) is 23.7. The van der Waals surface area contributed by atoms with Gasteiger partial charge in [0.1, 0.15) is 11.6 Å². The SMILES string of the molecule is CN=C(NCCN1CCOCC1)NC1CC1c1c(F)cccc1F.I. The first-order valence-electron chi connectivity index (χ1n) is 8.40. The van der Waals surface area contributed by atoms with Crippen molar-refractivity contribution in [1.29, 1.82) is 0 Å². The number of nitrogens with zero attached hydrogens (tertiary/aromatic N) is 2. The van der Waals surface area contributed by atoms with Crippen LogP contribution in [0.5, 0.6) is 0 Å². The van der Waals surface area contributed by atoms with E-state index in [1.807, 2.05) is 0 Å². The summed E-state index contributed by atoms with van der Waals surface area (Å²) < 4.78 is 32.9. The molecule has 1 heterocycles. The minimum Gasteiger partial charge on any atom is -0.379 e. The van der Waals surface area contributed by atoms with E-state index >= 15 is 0 Å². The van der Waals surface area contributed by atoms with E-state index in [1.54, 1.807) is 7.05 Å². The number of guanidine groups is 1. The van der Waals surface area contributed by atoms with Crippen LogP contribution in [0.2, 0.25) is 0 Å². The molecule has 0 spiro atoms. The van der Waals surface area contributed by atoms with Crippen LogP contribution in [0.3, 0.4) is 0 Å². The summed E-state index contributed by atoms with van der Waals surface area (Å²) in [6, 6.07) is 4.03. The van der Waals surface area contributed by atoms with Gasteiger partial charge in [0.05, 0.1) is 13.2 Å². The maximum absolute atomic E-state index is 13.8. The maximum Gasteiger partial charge on any atom is 0.191 e. The van der Waals surface area contributed by atoms with E-state index < -0.39 is 11.6 Å². The van der Waals surface area contributed by atoms with Crippen molar-refractivity contribution in [3.05, 3.63) is 35.4 Å². The average molecular weight is 466 g/mol. The molecule has 2 N–H and O–H groups in total. The summed E-state index contributed by atoms with van der Waals surface area (Å²) in [5, 5.41) is 6.50. The Balaban J connectivity index is 0.00000225. The van der Waals surface area contributed by atoms with Crippen LogP contribution in [-0.2, 0) is 4.74 Å². The zero-order valence-corrected chi connectivity index (χ0v) is 16.6. The summed E-state index contributed by atoms with van der Waals surface area (Å²) in [6.45, 7) is 5.15. The van der Waals surface area contributed by atoms with Gasteiger partial charge in [-0.2, -0.15) is 0 Å². The molecule has 0 amide bonds. The molecule has 2 unspecified atom stereocenters. The Morgan fingerprint density at radius 2 is 1.96 bits per heavy atom. The second kappa shape index (κ2) is 9.63. The van der Waals surface area contributed by atoms with E-state index in [0.29, 0.717) is 12.4 Å². The lowest BCUT2D eigenvalue weighted by Gasteiger charge is -2.26. The lowest BCUT2D eigenvalue weighted by Crippen LogP contribution is -2.45. The molecule has 5 nitrogen and oxygen atoms in total. The zero-order valence-electron chi connectivity index (χ0n) is 14.3. The molecular formula is C17H25F2IN4O. The van der Waals surface area contributed by atoms with E-state index in [2.05, 4.69) is 20.5 Å². The van der Waals surface area contributed by atoms with Crippen LogP contribution in [-0.4, -0.2) is 63.3 Å². The molecule has 0 aromatic heterocycles. The van der Waals surface area contributed by atoms with Crippen LogP contribution < -0.4 is 10.6 Å². The number of benzene rings is 1. The number of ether oxygens (including phenoxy) is 1. The van der Waals surface area contributed by atoms with E-state index in [-0.39, 0.29) is 41.5 Å². The van der Waals surface area contributed by atoms with Gasteiger partial charge in [0, 0.05) is 50.7 Å². The minimum atomic E-state index is -0.473. The third-order valence-electron chi connectivity index (χ3n) is 4.53. The molecule has 140 valence electrons. The van der Waals surface area contributed by atoms with Gasteiger partial charge in [0.2, 0.25) is 0 Å². The lowest BCUT2D eigenvalue weighted by atomic mass is 10.1. The minimum absolute atomic E-state index is 0. The fraction of sp³-hybridized carbons (Fsp3) is 0.588. The summed E-state index contributed by atoms with van der Waals surface area (Å²) in [4.78, 5) is 6.52. The quantitative estimate of drug-likeness (QED) is 0.396. The Morgan fingerprint density at radius 3 is 2.60 bits per heavy atom. The van der Waals surface area contributed by atoms with Crippen molar-refractivity contribution in [3.63, 3.8) is 0 Å². The Kier molecular flexibility index (Phi) is 7.82. The molecule has 2 aliphatic rings. The molecule has 1 aromatic rings. The molecule has 1 aliphatic carbocycles. The van der Waals surface area contributed by atoms with Gasteiger partial charge in [-0.3, -0.25) is 9.89 Å². The standard InChI is InChI=1S/C17H24F2N4O.HI/c1-20-17(21-5-6-23-7-9-24-10-8-23)22-15-11-12(15)16-13(18)3-2-4-14(16)19;/h2-4,12,15H,5-11H2,1H3,(H2,20,21,22);1H. The van der Waals surface area contributed by atoms with Crippen molar-refractivity contribution < 1.29 is 13.5 Å². The number of nitrogens with one attached hydrogen (secondary N) is 2. The lowest BCUT2D eigenvalue weighted by molar-refractivity contribution is 0.0389. The van der Waals surface area contributed by atoms with Gasteiger partial charge in [-0.05, 0) is 18.6 Å². The molecule has 1 aromatic carbocycles. The summed E-state index contributed by atoms with van der Waals surface area (Å²) in [5.74, 6) is -0.407. The average Bonchev–Trinajstić information content (AvgIpc) is 3.33. The maximum atomic E-state index is 13.8. The number of hydrogen-bond acceptors (Lipinski definition) is 3. The first kappa shape index (κ1) is 20.3. The van der Waals surface area contributed by atoms with Gasteiger partial charge in [0.25, 0.3) is 0 Å². The Bertz CT molecular complexity index is 576. The molecule has 8 heteroatoms. The highest BCUT2D eigenvalue weighted by atomic mass is 127. The molecule has 25 heavy (non-hydrogen) atoms. The monoisotopic (exact) mass is 466 g/mol. The fourth-order valence-corrected chi connectivity index (χ4v) is 3.07. The second-order valence-electron chi connectivity index (χ2n) is 6.18. The molecule has 3 rings (SSSR count). The number of rotatable bonds is 5. The van der Waals surface area contributed by atoms with E-state index in [9.17, 15) is 8.78 Å². The van der Waals surface area contributed by atoms with E-state index in [4.69, 9.17) is 4.74 Å². The smallest absolute Gasteiger partial charge is 0.191 e. The molecule has 1 saturated heterocycles. The van der Waals surface area contributed by atoms with Gasteiger partial charge >= 0.3 is 0 Å². The van der Waals surface area contributed by atoms with Gasteiger partial charge in [0.15, 0.2) is 5.96 Å². The topological polar surface area (TPSA) is 48.9 Å². The number of aliphatic imine (C=N–C) groups is 1. The van der Waals surface area contributed by atoms with E-state index in [0.717, 1.165) is 39.4 Å². The number of hydrogen-bond donors (Lipinski definition) is 2. The van der Waals surface area contributed by atoms with Crippen LogP contribution in [0, 0.1) is 11.6 Å². The van der Waals surface area contributed by atoms with Gasteiger partial charge in [-0.15, -0.1) is 24.0 Å². The van der Waals surface area contributed by atoms with Crippen molar-refractivity contribution in [2.24, 2.45) is 4.99 Å². The second-order valence-corrected chi connectivity index (χ2v) is 6.18. The molecule has 2 atom stereocenters. The van der Waals surface area contributed by atoms with Crippen LogP contribution in [0.1, 0.15) is 17.9 Å². The molecule has 0 radical (unpaired) electrons. The van der Waals surface area contributed by atoms with Crippen molar-refractivity contribution in [2.75, 3.05) is 46.4 Å². The van der Waals surface area contributed by atoms with Gasteiger partial charge in [-0.25, -0.2) is 8.78 Å². The highest BCUT2D eigenvalue weighted by molar-refractivity contribution is 14.0. The summed E-state index contributed by atoms with van der Waals surface area (Å²) in [5.41, 5.74) is 0.179. The largest absolute Gasteiger partial charge is 0.379 e. The predicted octanol–water partition coefficient (Wildman–Crippen LogP) is 1.94. The number of halogens is 3. The van der Waals surface area contributed by atoms with Crippen molar-refractivity contribution in [1.82, 2.24) is 15.5 Å². The van der Waals surface area contributed by atoms with Crippen molar-refractivity contribution >= 4 is 29.9 Å². The summed E-state index contributed by atoms with van der Waals surface area (Å²) >= 11 is 0. The third kappa shape index (κ3) is 5.49. The zero-order chi connectivity index (χ0) is 16.9. The van der Waals surface area contributed by atoms with Crippen LogP contribution in [0.25, 0.3) is 0 Å². The van der Waals surface area contributed by atoms with Crippen LogP contribution in [0.15, 0.2) is 23.2 Å². The number of morpholine rings is 1. The predicted molar refractivity (Wildman–Crippen MR) is 105 cm³/mol. The first-order chi connectivity index (χ1) is 11.7. The van der Waals surface area contributed by atoms with Crippen molar-refractivity contribution in [2.45, 2.75) is 18.4 Å². The molecular weight excluding hydrogens is 441 g/mol. The molecule has 2 fully saturated rings. The molecule has 1 aliphatic heterocycles. The van der Waals surface area contributed by atoms with E-state index in [1.165, 1.54) is 18.2 Å². The Labute approximate surface area is 164 Å². The summed E-state index contributed by atoms with van der Waals surface area (Å²) in [7, 11) is 1.70. The molecule has 1 saturated carbocycles. The fourth-order valence-electron chi connectivity index (χ4n) is 3.07. The van der Waals surface area contributed by atoms with Gasteiger partial charge < -0.3 is 15.4 Å². The Morgan fingerprint density at radius 1 is 1.28 bits per heavy atom. The highest BCUT2D eigenvalue weighted by Crippen LogP contribution is 2.42. The van der Waals surface area contributed by atoms with Crippen LogP contribution >= 0.6 is 24.0 Å². The van der Waals surface area contributed by atoms with Crippen molar-refractivity contribution in [3.8, 4) is 0 Å². The summed E-state index contributed by atoms with van der Waals surface area (Å²) in [6.07, 6.45) is 0.710. The third-order valence-corrected chi connectivity index (χ3v) is 4.53.